The Kier molecular flexibility index (Phi) is 5.90. The molecule has 2 aliphatic heterocycles. The third kappa shape index (κ3) is 4.27. The summed E-state index contributed by atoms with van der Waals surface area (Å²) in [7, 11) is 0. The first kappa shape index (κ1) is 21.8. The van der Waals surface area contributed by atoms with Gasteiger partial charge < -0.3 is 19.8 Å². The molecule has 0 spiro atoms. The van der Waals surface area contributed by atoms with Crippen LogP contribution in [-0.4, -0.2) is 57.6 Å². The van der Waals surface area contributed by atoms with Gasteiger partial charge in [-0.15, -0.1) is 0 Å². The number of nitriles is 1. The maximum absolute atomic E-state index is 9.78. The molecule has 2 fully saturated rings. The predicted octanol–water partition coefficient (Wildman–Crippen LogP) is 3.91. The Morgan fingerprint density at radius 1 is 0.971 bits per heavy atom. The molecule has 0 saturated carbocycles. The minimum Gasteiger partial charge on any atom is -0.473 e. The molecule has 0 amide bonds. The summed E-state index contributed by atoms with van der Waals surface area (Å²) in [6, 6.07) is 6.23. The number of H-pyrrole nitrogens is 2. The number of nitrogens with zero attached hydrogens (tertiary/aromatic N) is 4. The molecule has 0 bridgehead atoms. The molecule has 0 atom stereocenters. The van der Waals surface area contributed by atoms with Crippen LogP contribution in [0.2, 0.25) is 0 Å². The van der Waals surface area contributed by atoms with Gasteiger partial charge in [-0.3, -0.25) is 5.10 Å². The van der Waals surface area contributed by atoms with E-state index in [1.807, 2.05) is 24.7 Å². The minimum atomic E-state index is 0.0261. The summed E-state index contributed by atoms with van der Waals surface area (Å²) >= 11 is 0. The number of nitrogens with one attached hydrogen (secondary N) is 3. The van der Waals surface area contributed by atoms with E-state index in [4.69, 9.17) is 9.47 Å². The molecule has 0 aliphatic carbocycles. The zero-order valence-electron chi connectivity index (χ0n) is 19.4. The minimum absolute atomic E-state index is 0.0261. The normalized spacial score (nSPS) is 17.5. The fourth-order valence-electron chi connectivity index (χ4n) is 5.05. The molecule has 6 rings (SSSR count). The van der Waals surface area contributed by atoms with Gasteiger partial charge in [0, 0.05) is 71.2 Å². The van der Waals surface area contributed by atoms with E-state index in [9.17, 15) is 5.26 Å². The van der Waals surface area contributed by atoms with Gasteiger partial charge in [0.1, 0.15) is 23.4 Å². The maximum atomic E-state index is 9.78. The van der Waals surface area contributed by atoms with Gasteiger partial charge in [-0.05, 0) is 38.1 Å². The van der Waals surface area contributed by atoms with Crippen LogP contribution < -0.4 is 10.1 Å². The van der Waals surface area contributed by atoms with Gasteiger partial charge in [0.2, 0.25) is 5.88 Å². The zero-order valence-corrected chi connectivity index (χ0v) is 19.4. The highest BCUT2D eigenvalue weighted by Crippen LogP contribution is 2.36. The number of ether oxygens (including phenoxy) is 2. The molecule has 2 saturated heterocycles. The predicted molar refractivity (Wildman–Crippen MR) is 131 cm³/mol. The van der Waals surface area contributed by atoms with Crippen molar-refractivity contribution in [1.29, 1.82) is 5.26 Å². The monoisotopic (exact) mass is 469 g/mol. The van der Waals surface area contributed by atoms with E-state index in [0.29, 0.717) is 30.6 Å². The maximum Gasteiger partial charge on any atom is 0.231 e. The average molecular weight is 470 g/mol. The van der Waals surface area contributed by atoms with E-state index >= 15 is 0 Å². The Bertz CT molecular complexity index is 1370. The van der Waals surface area contributed by atoms with E-state index in [0.717, 1.165) is 77.8 Å². The van der Waals surface area contributed by atoms with Crippen LogP contribution in [0.5, 0.6) is 5.88 Å². The topological polar surface area (TPSA) is 125 Å². The molecule has 4 aromatic rings. The second kappa shape index (κ2) is 9.49. The first-order chi connectivity index (χ1) is 17.3. The first-order valence-corrected chi connectivity index (χ1v) is 12.2. The molecule has 6 heterocycles. The lowest BCUT2D eigenvalue weighted by Gasteiger charge is -2.23. The summed E-state index contributed by atoms with van der Waals surface area (Å²) in [5.74, 6) is 0.816. The zero-order chi connectivity index (χ0) is 23.6. The Morgan fingerprint density at radius 3 is 2.60 bits per heavy atom. The SMILES string of the molecule is N#Cc1cc(-c2c[nH]c3ncc(-c4c[nH]nc4C4CCNCC4)cc23)cnc1OC1CCOCC1. The van der Waals surface area contributed by atoms with E-state index in [-0.39, 0.29) is 6.10 Å². The van der Waals surface area contributed by atoms with Crippen LogP contribution in [0.15, 0.2) is 36.9 Å². The van der Waals surface area contributed by atoms with Gasteiger partial charge in [0.25, 0.3) is 0 Å². The molecule has 2 aliphatic rings. The fraction of sp³-hybridized carbons (Fsp3) is 0.385. The third-order valence-corrected chi connectivity index (χ3v) is 6.97. The van der Waals surface area contributed by atoms with Crippen LogP contribution in [0.1, 0.15) is 42.9 Å². The summed E-state index contributed by atoms with van der Waals surface area (Å²) in [5, 5.41) is 21.8. The van der Waals surface area contributed by atoms with Crippen LogP contribution >= 0.6 is 0 Å². The van der Waals surface area contributed by atoms with Crippen LogP contribution in [0, 0.1) is 11.3 Å². The van der Waals surface area contributed by atoms with Gasteiger partial charge in [-0.2, -0.15) is 10.4 Å². The molecular formula is C26H27N7O2. The van der Waals surface area contributed by atoms with Crippen molar-refractivity contribution in [2.24, 2.45) is 0 Å². The summed E-state index contributed by atoms with van der Waals surface area (Å²) in [6.07, 6.45) is 11.3. The molecule has 3 N–H and O–H groups in total. The lowest BCUT2D eigenvalue weighted by molar-refractivity contribution is 0.0236. The van der Waals surface area contributed by atoms with Crippen LogP contribution in [0.4, 0.5) is 0 Å². The van der Waals surface area contributed by atoms with Gasteiger partial charge >= 0.3 is 0 Å². The highest BCUT2D eigenvalue weighted by atomic mass is 16.5. The quantitative estimate of drug-likeness (QED) is 0.405. The van der Waals surface area contributed by atoms with E-state index < -0.39 is 0 Å². The molecular weight excluding hydrogens is 442 g/mol. The Labute approximate surface area is 202 Å². The van der Waals surface area contributed by atoms with Gasteiger partial charge in [-0.1, -0.05) is 0 Å². The van der Waals surface area contributed by atoms with Crippen LogP contribution in [0.25, 0.3) is 33.3 Å². The summed E-state index contributed by atoms with van der Waals surface area (Å²) in [6.45, 7) is 3.37. The summed E-state index contributed by atoms with van der Waals surface area (Å²) < 4.78 is 11.4. The van der Waals surface area contributed by atoms with Gasteiger partial charge in [0.15, 0.2) is 0 Å². The Hall–Kier alpha value is -3.74. The van der Waals surface area contributed by atoms with E-state index in [2.05, 4.69) is 42.6 Å². The molecule has 9 heteroatoms. The molecule has 0 unspecified atom stereocenters. The number of fused-ring (bicyclic) bond motifs is 1. The van der Waals surface area contributed by atoms with E-state index in [1.165, 1.54) is 0 Å². The number of hydrogen-bond donors (Lipinski definition) is 3. The molecule has 4 aromatic heterocycles. The molecule has 9 nitrogen and oxygen atoms in total. The highest BCUT2D eigenvalue weighted by molar-refractivity contribution is 5.96. The van der Waals surface area contributed by atoms with Crippen molar-refractivity contribution >= 4 is 11.0 Å². The number of pyridine rings is 2. The number of aromatic nitrogens is 5. The largest absolute Gasteiger partial charge is 0.473 e. The average Bonchev–Trinajstić information content (AvgIpc) is 3.57. The summed E-state index contributed by atoms with van der Waals surface area (Å²) in [4.78, 5) is 12.4. The summed E-state index contributed by atoms with van der Waals surface area (Å²) in [5.41, 5.74) is 6.22. The molecule has 0 aromatic carbocycles. The Balaban J connectivity index is 1.33. The number of piperidine rings is 1. The standard InChI is InChI=1S/C26H27N7O2/c27-11-17-9-18(13-31-26(17)35-20-3-7-34-8-4-20)22-14-30-25-21(22)10-19(12-29-25)23-15-32-33-24(23)16-1-5-28-6-2-16/h9-10,12-16,20,28H,1-8H2,(H,29,30)(H,32,33). The molecule has 178 valence electrons. The van der Waals surface area contributed by atoms with Crippen molar-refractivity contribution in [3.63, 3.8) is 0 Å². The third-order valence-electron chi connectivity index (χ3n) is 6.97. The number of rotatable bonds is 5. The van der Waals surface area contributed by atoms with E-state index in [1.54, 1.807) is 6.20 Å². The number of hydrogen-bond acceptors (Lipinski definition) is 7. The van der Waals surface area contributed by atoms with Crippen molar-refractivity contribution < 1.29 is 9.47 Å². The number of aromatic amines is 2. The van der Waals surface area contributed by atoms with Crippen molar-refractivity contribution in [3.8, 4) is 34.2 Å². The smallest absolute Gasteiger partial charge is 0.231 e. The lowest BCUT2D eigenvalue weighted by Crippen LogP contribution is -2.27. The van der Waals surface area contributed by atoms with Crippen molar-refractivity contribution in [1.82, 2.24) is 30.5 Å². The highest BCUT2D eigenvalue weighted by Gasteiger charge is 2.23. The van der Waals surface area contributed by atoms with Crippen molar-refractivity contribution in [2.45, 2.75) is 37.7 Å². The fourth-order valence-corrected chi connectivity index (χ4v) is 5.05. The Morgan fingerprint density at radius 2 is 1.77 bits per heavy atom. The van der Waals surface area contributed by atoms with Crippen LogP contribution in [0.3, 0.4) is 0 Å². The van der Waals surface area contributed by atoms with Crippen molar-refractivity contribution in [2.75, 3.05) is 26.3 Å². The lowest BCUT2D eigenvalue weighted by atomic mass is 9.90. The second-order valence-electron chi connectivity index (χ2n) is 9.15. The van der Waals surface area contributed by atoms with Crippen molar-refractivity contribution in [3.05, 3.63) is 48.2 Å². The first-order valence-electron chi connectivity index (χ1n) is 12.2. The van der Waals surface area contributed by atoms with Gasteiger partial charge in [0.05, 0.1) is 18.9 Å². The molecule has 35 heavy (non-hydrogen) atoms. The van der Waals surface area contributed by atoms with Gasteiger partial charge in [-0.25, -0.2) is 9.97 Å². The van der Waals surface area contributed by atoms with Crippen LogP contribution in [-0.2, 0) is 4.74 Å². The second-order valence-corrected chi connectivity index (χ2v) is 9.15. The molecule has 0 radical (unpaired) electrons.